The van der Waals surface area contributed by atoms with Crippen molar-refractivity contribution < 1.29 is 4.79 Å². The fourth-order valence-corrected chi connectivity index (χ4v) is 3.24. The smallest absolute Gasteiger partial charge is 0.253 e. The van der Waals surface area contributed by atoms with Crippen LogP contribution in [-0.4, -0.2) is 68.5 Å². The van der Waals surface area contributed by atoms with Crippen LogP contribution in [0.1, 0.15) is 41.6 Å². The largest absolute Gasteiger partial charge is 0.355 e. The maximum atomic E-state index is 11.9. The zero-order valence-corrected chi connectivity index (χ0v) is 16.9. The number of hydrogen-bond donors (Lipinski definition) is 2. The summed E-state index contributed by atoms with van der Waals surface area (Å²) < 4.78 is 0. The second-order valence-electron chi connectivity index (χ2n) is 7.92. The molecule has 0 aromatic heterocycles. The molecule has 2 N–H and O–H groups in total. The molecule has 1 aromatic carbocycles. The molecular weight excluding hydrogens is 338 g/mol. The third kappa shape index (κ3) is 6.24. The fraction of sp³-hybridized carbons (Fsp3) is 0.619. The molecule has 0 unspecified atom stereocenters. The molecule has 1 aromatic rings. The highest BCUT2D eigenvalue weighted by molar-refractivity contribution is 5.93. The van der Waals surface area contributed by atoms with E-state index >= 15 is 0 Å². The summed E-state index contributed by atoms with van der Waals surface area (Å²) in [5.74, 6) is 1.80. The summed E-state index contributed by atoms with van der Waals surface area (Å²) in [5.41, 5.74) is 1.84. The van der Waals surface area contributed by atoms with Gasteiger partial charge in [-0.1, -0.05) is 12.1 Å². The van der Waals surface area contributed by atoms with Crippen LogP contribution in [0, 0.1) is 5.92 Å². The Labute approximate surface area is 163 Å². The van der Waals surface area contributed by atoms with E-state index in [2.05, 4.69) is 20.5 Å². The second kappa shape index (κ2) is 9.22. The minimum absolute atomic E-state index is 0.0263. The van der Waals surface area contributed by atoms with Gasteiger partial charge in [0.25, 0.3) is 5.91 Å². The first-order chi connectivity index (χ1) is 13.1. The Morgan fingerprint density at radius 2 is 1.81 bits per heavy atom. The Balaban J connectivity index is 1.40. The van der Waals surface area contributed by atoms with Gasteiger partial charge in [0, 0.05) is 58.9 Å². The predicted molar refractivity (Wildman–Crippen MR) is 110 cm³/mol. The highest BCUT2D eigenvalue weighted by Gasteiger charge is 2.33. The summed E-state index contributed by atoms with van der Waals surface area (Å²) in [4.78, 5) is 20.5. The Kier molecular flexibility index (Phi) is 6.72. The van der Waals surface area contributed by atoms with Gasteiger partial charge in [-0.3, -0.25) is 14.7 Å². The van der Waals surface area contributed by atoms with Crippen molar-refractivity contribution in [1.82, 2.24) is 20.4 Å². The third-order valence-corrected chi connectivity index (χ3v) is 5.23. The maximum absolute atomic E-state index is 11.9. The quantitative estimate of drug-likeness (QED) is 0.514. The standard InChI is InChI=1S/C21H33N5O/c1-22-21(23-12-13-26(19-10-11-19)15-17-4-5-17)24-14-16-6-8-18(9-7-16)20(27)25(2)3/h6-9,17,19H,4-5,10-15H2,1-3H3,(H2,22,23,24). The van der Waals surface area contributed by atoms with Crippen LogP contribution in [0.3, 0.4) is 0 Å². The van der Waals surface area contributed by atoms with Crippen LogP contribution >= 0.6 is 0 Å². The van der Waals surface area contributed by atoms with Crippen LogP contribution in [0.5, 0.6) is 0 Å². The molecule has 2 aliphatic carbocycles. The van der Waals surface area contributed by atoms with E-state index < -0.39 is 0 Å². The molecule has 2 saturated carbocycles. The highest BCUT2D eigenvalue weighted by Crippen LogP contribution is 2.34. The lowest BCUT2D eigenvalue weighted by Crippen LogP contribution is -2.42. The number of nitrogens with zero attached hydrogens (tertiary/aromatic N) is 3. The van der Waals surface area contributed by atoms with Crippen molar-refractivity contribution in [2.45, 2.75) is 38.3 Å². The lowest BCUT2D eigenvalue weighted by atomic mass is 10.1. The molecule has 148 valence electrons. The van der Waals surface area contributed by atoms with Crippen molar-refractivity contribution >= 4 is 11.9 Å². The molecule has 0 saturated heterocycles. The van der Waals surface area contributed by atoms with Crippen LogP contribution in [0.2, 0.25) is 0 Å². The van der Waals surface area contributed by atoms with Gasteiger partial charge in [-0.15, -0.1) is 0 Å². The molecule has 6 nitrogen and oxygen atoms in total. The van der Waals surface area contributed by atoms with Gasteiger partial charge >= 0.3 is 0 Å². The third-order valence-electron chi connectivity index (χ3n) is 5.23. The molecule has 0 heterocycles. The minimum Gasteiger partial charge on any atom is -0.355 e. The van der Waals surface area contributed by atoms with Crippen LogP contribution in [0.15, 0.2) is 29.3 Å². The SMILES string of the molecule is CN=C(NCCN(CC1CC1)C1CC1)NCc1ccc(C(=O)N(C)C)cc1. The molecule has 0 spiro atoms. The van der Waals surface area contributed by atoms with E-state index in [9.17, 15) is 4.79 Å². The fourth-order valence-electron chi connectivity index (χ4n) is 3.24. The second-order valence-corrected chi connectivity index (χ2v) is 7.92. The Bertz CT molecular complexity index is 647. The Hall–Kier alpha value is -2.08. The lowest BCUT2D eigenvalue weighted by molar-refractivity contribution is 0.0827. The van der Waals surface area contributed by atoms with E-state index in [1.165, 1.54) is 32.2 Å². The lowest BCUT2D eigenvalue weighted by Gasteiger charge is -2.22. The van der Waals surface area contributed by atoms with Crippen LogP contribution in [0.25, 0.3) is 0 Å². The van der Waals surface area contributed by atoms with Crippen molar-refractivity contribution in [2.24, 2.45) is 10.9 Å². The van der Waals surface area contributed by atoms with E-state index in [0.29, 0.717) is 12.1 Å². The first-order valence-corrected chi connectivity index (χ1v) is 10.1. The number of hydrogen-bond acceptors (Lipinski definition) is 3. The van der Waals surface area contributed by atoms with Gasteiger partial charge in [0.1, 0.15) is 0 Å². The number of rotatable bonds is 9. The Morgan fingerprint density at radius 3 is 2.37 bits per heavy atom. The van der Waals surface area contributed by atoms with Gasteiger partial charge in [-0.25, -0.2) is 0 Å². The molecule has 2 aliphatic rings. The molecule has 27 heavy (non-hydrogen) atoms. The van der Waals surface area contributed by atoms with Crippen LogP contribution in [0.4, 0.5) is 0 Å². The molecule has 0 radical (unpaired) electrons. The number of amides is 1. The maximum Gasteiger partial charge on any atom is 0.253 e. The van der Waals surface area contributed by atoms with Crippen molar-refractivity contribution in [3.8, 4) is 0 Å². The van der Waals surface area contributed by atoms with Gasteiger partial charge in [-0.2, -0.15) is 0 Å². The van der Waals surface area contributed by atoms with Gasteiger partial charge in [0.2, 0.25) is 0 Å². The average Bonchev–Trinajstić information content (AvgIpc) is 3.56. The number of benzene rings is 1. The van der Waals surface area contributed by atoms with Crippen LogP contribution < -0.4 is 10.6 Å². The Morgan fingerprint density at radius 1 is 1.11 bits per heavy atom. The van der Waals surface area contributed by atoms with E-state index in [-0.39, 0.29) is 5.91 Å². The summed E-state index contributed by atoms with van der Waals surface area (Å²) >= 11 is 0. The number of carbonyl (C=O) groups is 1. The first-order valence-electron chi connectivity index (χ1n) is 10.1. The molecule has 0 atom stereocenters. The van der Waals surface area contributed by atoms with Gasteiger partial charge < -0.3 is 15.5 Å². The van der Waals surface area contributed by atoms with E-state index in [1.807, 2.05) is 24.3 Å². The zero-order valence-electron chi connectivity index (χ0n) is 16.9. The van der Waals surface area contributed by atoms with Crippen molar-refractivity contribution in [3.63, 3.8) is 0 Å². The van der Waals surface area contributed by atoms with Crippen molar-refractivity contribution in [1.29, 1.82) is 0 Å². The predicted octanol–water partition coefficient (Wildman–Crippen LogP) is 1.93. The van der Waals surface area contributed by atoms with Gasteiger partial charge in [-0.05, 0) is 49.3 Å². The number of guanidine groups is 1. The summed E-state index contributed by atoms with van der Waals surface area (Å²) in [6.07, 6.45) is 5.57. The summed E-state index contributed by atoms with van der Waals surface area (Å²) in [6.45, 7) is 3.96. The van der Waals surface area contributed by atoms with Gasteiger partial charge in [0.05, 0.1) is 0 Å². The topological polar surface area (TPSA) is 60.0 Å². The zero-order chi connectivity index (χ0) is 19.2. The number of aliphatic imine (C=N–C) groups is 1. The first kappa shape index (κ1) is 19.7. The highest BCUT2D eigenvalue weighted by atomic mass is 16.2. The molecule has 1 amide bonds. The molecule has 3 rings (SSSR count). The normalized spacial score (nSPS) is 17.1. The van der Waals surface area contributed by atoms with E-state index in [4.69, 9.17) is 0 Å². The minimum atomic E-state index is 0.0263. The van der Waals surface area contributed by atoms with E-state index in [0.717, 1.165) is 36.6 Å². The van der Waals surface area contributed by atoms with E-state index in [1.54, 1.807) is 26.0 Å². The van der Waals surface area contributed by atoms with Crippen molar-refractivity contribution in [2.75, 3.05) is 40.8 Å². The molecule has 0 bridgehead atoms. The molecule has 2 fully saturated rings. The summed E-state index contributed by atoms with van der Waals surface area (Å²) in [6, 6.07) is 8.55. The van der Waals surface area contributed by atoms with Crippen LogP contribution in [-0.2, 0) is 6.54 Å². The average molecular weight is 372 g/mol. The number of nitrogens with one attached hydrogen (secondary N) is 2. The van der Waals surface area contributed by atoms with Crippen molar-refractivity contribution in [3.05, 3.63) is 35.4 Å². The van der Waals surface area contributed by atoms with Gasteiger partial charge in [0.15, 0.2) is 5.96 Å². The molecule has 0 aliphatic heterocycles. The monoisotopic (exact) mass is 371 g/mol. The molecule has 6 heteroatoms. The number of carbonyl (C=O) groups excluding carboxylic acids is 1. The summed E-state index contributed by atoms with van der Waals surface area (Å²) in [7, 11) is 5.34. The summed E-state index contributed by atoms with van der Waals surface area (Å²) in [5, 5.41) is 6.78. The molecular formula is C21H33N5O.